The zero-order valence-corrected chi connectivity index (χ0v) is 11.1. The molecule has 1 unspecified atom stereocenters. The first-order valence-corrected chi connectivity index (χ1v) is 6.04. The maximum Gasteiger partial charge on any atom is 0.140 e. The molecule has 1 atom stereocenters. The van der Waals surface area contributed by atoms with Crippen LogP contribution in [0.1, 0.15) is 46.9 Å². The molecule has 1 aromatic rings. The van der Waals surface area contributed by atoms with Crippen LogP contribution >= 0.6 is 0 Å². The molecule has 4 heteroatoms. The smallest absolute Gasteiger partial charge is 0.140 e. The summed E-state index contributed by atoms with van der Waals surface area (Å²) in [5.41, 5.74) is 0.118. The molecule has 0 aliphatic carbocycles. The summed E-state index contributed by atoms with van der Waals surface area (Å²) in [4.78, 5) is 4.30. The van der Waals surface area contributed by atoms with Gasteiger partial charge in [0, 0.05) is 12.1 Å². The first-order chi connectivity index (χ1) is 7.42. The van der Waals surface area contributed by atoms with Crippen LogP contribution in [0.5, 0.6) is 0 Å². The van der Waals surface area contributed by atoms with Gasteiger partial charge in [-0.05, 0) is 26.7 Å². The molecule has 0 aliphatic heterocycles. The summed E-state index contributed by atoms with van der Waals surface area (Å²) in [7, 11) is 0. The van der Waals surface area contributed by atoms with Crippen molar-refractivity contribution >= 4 is 0 Å². The first-order valence-electron chi connectivity index (χ1n) is 6.04. The second-order valence-corrected chi connectivity index (χ2v) is 5.48. The third-order valence-electron chi connectivity index (χ3n) is 2.65. The molecule has 0 radical (unpaired) electrons. The van der Waals surface area contributed by atoms with E-state index in [4.69, 9.17) is 0 Å². The Morgan fingerprint density at radius 1 is 1.44 bits per heavy atom. The molecule has 4 nitrogen and oxygen atoms in total. The minimum absolute atomic E-state index is 0.118. The van der Waals surface area contributed by atoms with Crippen LogP contribution in [-0.4, -0.2) is 20.3 Å². The number of aromatic nitrogens is 3. The fraction of sp³-hybridized carbons (Fsp3) is 0.833. The standard InChI is InChI=1S/C12H24N4/c1-6-10(2)8-16-11(13-9-15-16)7-14-12(3,4)5/h9-10,14H,6-8H2,1-5H3. The minimum Gasteiger partial charge on any atom is -0.305 e. The molecule has 0 fully saturated rings. The molecule has 0 aliphatic rings. The van der Waals surface area contributed by atoms with Crippen molar-refractivity contribution in [2.24, 2.45) is 5.92 Å². The van der Waals surface area contributed by atoms with E-state index in [0.717, 1.165) is 18.9 Å². The second kappa shape index (κ2) is 5.43. The molecule has 1 rings (SSSR count). The zero-order valence-electron chi connectivity index (χ0n) is 11.1. The van der Waals surface area contributed by atoms with Gasteiger partial charge in [-0.2, -0.15) is 5.10 Å². The van der Waals surface area contributed by atoms with Gasteiger partial charge < -0.3 is 5.32 Å². The van der Waals surface area contributed by atoms with E-state index < -0.39 is 0 Å². The predicted molar refractivity (Wildman–Crippen MR) is 66.1 cm³/mol. The fourth-order valence-electron chi connectivity index (χ4n) is 1.35. The van der Waals surface area contributed by atoms with Gasteiger partial charge in [0.2, 0.25) is 0 Å². The quantitative estimate of drug-likeness (QED) is 0.834. The molecule has 1 aromatic heterocycles. The van der Waals surface area contributed by atoms with Crippen molar-refractivity contribution in [1.82, 2.24) is 20.1 Å². The predicted octanol–water partition coefficient (Wildman–Crippen LogP) is 2.21. The van der Waals surface area contributed by atoms with Gasteiger partial charge in [-0.15, -0.1) is 0 Å². The minimum atomic E-state index is 0.118. The van der Waals surface area contributed by atoms with Crippen LogP contribution in [-0.2, 0) is 13.1 Å². The van der Waals surface area contributed by atoms with Crippen LogP contribution in [0.3, 0.4) is 0 Å². The lowest BCUT2D eigenvalue weighted by Crippen LogP contribution is -2.36. The van der Waals surface area contributed by atoms with Crippen LogP contribution in [0, 0.1) is 5.92 Å². The normalized spacial score (nSPS) is 14.1. The van der Waals surface area contributed by atoms with Crippen molar-refractivity contribution in [3.05, 3.63) is 12.2 Å². The third-order valence-corrected chi connectivity index (χ3v) is 2.65. The topological polar surface area (TPSA) is 42.7 Å². The maximum absolute atomic E-state index is 4.30. The number of hydrogen-bond donors (Lipinski definition) is 1. The molecule has 0 bridgehead atoms. The fourth-order valence-corrected chi connectivity index (χ4v) is 1.35. The van der Waals surface area contributed by atoms with Crippen LogP contribution in [0.2, 0.25) is 0 Å². The van der Waals surface area contributed by atoms with Gasteiger partial charge in [0.1, 0.15) is 12.2 Å². The highest BCUT2D eigenvalue weighted by molar-refractivity contribution is 4.86. The zero-order chi connectivity index (χ0) is 12.2. The average molecular weight is 224 g/mol. The highest BCUT2D eigenvalue weighted by atomic mass is 15.3. The Balaban J connectivity index is 2.57. The lowest BCUT2D eigenvalue weighted by atomic mass is 10.1. The van der Waals surface area contributed by atoms with E-state index in [-0.39, 0.29) is 5.54 Å². The molecular formula is C12H24N4. The monoisotopic (exact) mass is 224 g/mol. The average Bonchev–Trinajstić information content (AvgIpc) is 2.61. The van der Waals surface area contributed by atoms with Gasteiger partial charge in [0.15, 0.2) is 0 Å². The number of nitrogens with zero attached hydrogens (tertiary/aromatic N) is 3. The van der Waals surface area contributed by atoms with E-state index in [1.165, 1.54) is 6.42 Å². The van der Waals surface area contributed by atoms with Crippen LogP contribution in [0.15, 0.2) is 6.33 Å². The Labute approximate surface area is 98.5 Å². The van der Waals surface area contributed by atoms with Gasteiger partial charge in [0.25, 0.3) is 0 Å². The van der Waals surface area contributed by atoms with Gasteiger partial charge in [-0.3, -0.25) is 0 Å². The van der Waals surface area contributed by atoms with E-state index in [1.54, 1.807) is 6.33 Å². The molecule has 0 aromatic carbocycles. The summed E-state index contributed by atoms with van der Waals surface area (Å²) >= 11 is 0. The summed E-state index contributed by atoms with van der Waals surface area (Å²) in [6.45, 7) is 12.6. The number of nitrogens with one attached hydrogen (secondary N) is 1. The van der Waals surface area contributed by atoms with Crippen molar-refractivity contribution in [2.75, 3.05) is 0 Å². The van der Waals surface area contributed by atoms with Crippen LogP contribution in [0.4, 0.5) is 0 Å². The van der Waals surface area contributed by atoms with E-state index in [9.17, 15) is 0 Å². The Bertz CT molecular complexity index is 311. The largest absolute Gasteiger partial charge is 0.305 e. The highest BCUT2D eigenvalue weighted by Gasteiger charge is 2.12. The third kappa shape index (κ3) is 4.31. The summed E-state index contributed by atoms with van der Waals surface area (Å²) in [5.74, 6) is 1.67. The van der Waals surface area contributed by atoms with E-state index in [1.807, 2.05) is 4.68 Å². The second-order valence-electron chi connectivity index (χ2n) is 5.48. The van der Waals surface area contributed by atoms with Crippen molar-refractivity contribution in [2.45, 2.75) is 59.7 Å². The molecule has 1 heterocycles. The SMILES string of the molecule is CCC(C)Cn1ncnc1CNC(C)(C)C. The van der Waals surface area contributed by atoms with Gasteiger partial charge >= 0.3 is 0 Å². The van der Waals surface area contributed by atoms with Gasteiger partial charge in [0.05, 0.1) is 6.54 Å². The van der Waals surface area contributed by atoms with Crippen molar-refractivity contribution < 1.29 is 0 Å². The Morgan fingerprint density at radius 2 is 2.12 bits per heavy atom. The van der Waals surface area contributed by atoms with Crippen LogP contribution < -0.4 is 5.32 Å². The lowest BCUT2D eigenvalue weighted by Gasteiger charge is -2.20. The Hall–Kier alpha value is -0.900. The molecule has 0 spiro atoms. The summed E-state index contributed by atoms with van der Waals surface area (Å²) in [6.07, 6.45) is 2.81. The van der Waals surface area contributed by atoms with Gasteiger partial charge in [-0.25, -0.2) is 9.67 Å². The molecule has 92 valence electrons. The molecule has 0 saturated carbocycles. The van der Waals surface area contributed by atoms with Gasteiger partial charge in [-0.1, -0.05) is 20.3 Å². The van der Waals surface area contributed by atoms with Crippen LogP contribution in [0.25, 0.3) is 0 Å². The first kappa shape index (κ1) is 13.2. The van der Waals surface area contributed by atoms with E-state index >= 15 is 0 Å². The lowest BCUT2D eigenvalue weighted by molar-refractivity contribution is 0.387. The Morgan fingerprint density at radius 3 is 2.69 bits per heavy atom. The number of hydrogen-bond acceptors (Lipinski definition) is 3. The summed E-state index contributed by atoms with van der Waals surface area (Å²) in [5, 5.41) is 7.70. The van der Waals surface area contributed by atoms with E-state index in [2.05, 4.69) is 50.0 Å². The molecule has 0 amide bonds. The summed E-state index contributed by atoms with van der Waals surface area (Å²) < 4.78 is 2.01. The van der Waals surface area contributed by atoms with Crippen molar-refractivity contribution in [3.8, 4) is 0 Å². The maximum atomic E-state index is 4.30. The Kier molecular flexibility index (Phi) is 4.47. The summed E-state index contributed by atoms with van der Waals surface area (Å²) in [6, 6.07) is 0. The highest BCUT2D eigenvalue weighted by Crippen LogP contribution is 2.07. The molecule has 16 heavy (non-hydrogen) atoms. The number of rotatable bonds is 5. The van der Waals surface area contributed by atoms with Crippen molar-refractivity contribution in [1.29, 1.82) is 0 Å². The molecular weight excluding hydrogens is 200 g/mol. The molecule has 0 saturated heterocycles. The van der Waals surface area contributed by atoms with E-state index in [0.29, 0.717) is 5.92 Å². The van der Waals surface area contributed by atoms with Crippen molar-refractivity contribution in [3.63, 3.8) is 0 Å². The molecule has 1 N–H and O–H groups in total.